The van der Waals surface area contributed by atoms with Crippen LogP contribution in [0.3, 0.4) is 0 Å². The molecule has 40 heavy (non-hydrogen) atoms. The molecular weight excluding hydrogens is 585 g/mol. The standard InChI is InChI=1S/C22H21Cl2F2N3O3S.C5H11NO/c1-28-8-6-15(7-9-28)29-20(33(30,31)32)12-27-22(29)21(13-2-4-18(25)16(23)10-13)14-3-5-19(26)17(24)11-14;1-5(2,3)4(6)7/h2-5,10-12,15,21H,6-9H2,1H3,(H,30,31,32);1-3H3,(H2,6,7). The van der Waals surface area contributed by atoms with Crippen molar-refractivity contribution < 1.29 is 26.5 Å². The third-order valence-corrected chi connectivity index (χ3v) is 8.07. The summed E-state index contributed by atoms with van der Waals surface area (Å²) in [5.41, 5.74) is 5.58. The number of hydrogen-bond acceptors (Lipinski definition) is 5. The van der Waals surface area contributed by atoms with Gasteiger partial charge in [0.2, 0.25) is 5.91 Å². The second-order valence-corrected chi connectivity index (χ2v) is 12.9. The first-order chi connectivity index (χ1) is 18.5. The number of piperidine rings is 1. The van der Waals surface area contributed by atoms with Gasteiger partial charge >= 0.3 is 10.1 Å². The maximum Gasteiger partial charge on any atom is 0.311 e. The molecular formula is C27H32Cl2F2N4O4S. The molecule has 0 unspecified atom stereocenters. The van der Waals surface area contributed by atoms with E-state index in [2.05, 4.69) is 9.88 Å². The molecule has 2 heterocycles. The van der Waals surface area contributed by atoms with Gasteiger partial charge in [-0.1, -0.05) is 56.1 Å². The molecule has 0 bridgehead atoms. The lowest BCUT2D eigenvalue weighted by Gasteiger charge is -2.32. The monoisotopic (exact) mass is 616 g/mol. The van der Waals surface area contributed by atoms with Crippen LogP contribution in [0.25, 0.3) is 0 Å². The average molecular weight is 618 g/mol. The lowest BCUT2D eigenvalue weighted by atomic mass is 9.89. The maximum absolute atomic E-state index is 13.9. The second-order valence-electron chi connectivity index (χ2n) is 10.7. The number of carbonyl (C=O) groups excluding carboxylic acids is 1. The molecule has 1 aliphatic rings. The SMILES string of the molecule is CC(C)(C)C(N)=O.CN1CCC(n2c(S(=O)(=O)O)cnc2C(c2ccc(F)c(Cl)c2)c2ccc(F)c(Cl)c2)CC1. The Morgan fingerprint density at radius 3 is 1.88 bits per heavy atom. The van der Waals surface area contributed by atoms with E-state index < -0.39 is 27.7 Å². The summed E-state index contributed by atoms with van der Waals surface area (Å²) in [6, 6.07) is 7.97. The highest BCUT2D eigenvalue weighted by molar-refractivity contribution is 7.85. The van der Waals surface area contributed by atoms with E-state index in [1.54, 1.807) is 20.8 Å². The Kier molecular flexibility index (Phi) is 10.0. The fraction of sp³-hybridized carbons (Fsp3) is 0.407. The van der Waals surface area contributed by atoms with E-state index >= 15 is 0 Å². The molecule has 1 saturated heterocycles. The molecule has 1 amide bonds. The van der Waals surface area contributed by atoms with Crippen LogP contribution in [0.2, 0.25) is 10.0 Å². The van der Waals surface area contributed by atoms with Crippen LogP contribution in [0.1, 0.15) is 62.5 Å². The normalized spacial score (nSPS) is 15.2. The molecule has 4 rings (SSSR count). The average Bonchev–Trinajstić information content (AvgIpc) is 3.29. The minimum Gasteiger partial charge on any atom is -0.369 e. The van der Waals surface area contributed by atoms with Crippen LogP contribution in [-0.4, -0.2) is 53.5 Å². The van der Waals surface area contributed by atoms with Crippen LogP contribution in [0.4, 0.5) is 8.78 Å². The highest BCUT2D eigenvalue weighted by atomic mass is 35.5. The maximum atomic E-state index is 13.9. The second kappa shape index (κ2) is 12.5. The van der Waals surface area contributed by atoms with Gasteiger partial charge in [-0.15, -0.1) is 0 Å². The molecule has 2 aromatic carbocycles. The van der Waals surface area contributed by atoms with Crippen molar-refractivity contribution in [3.63, 3.8) is 0 Å². The lowest BCUT2D eigenvalue weighted by Crippen LogP contribution is -2.33. The first kappa shape index (κ1) is 32.0. The van der Waals surface area contributed by atoms with Gasteiger partial charge in [0.05, 0.1) is 22.2 Å². The number of nitrogens with two attached hydrogens (primary N) is 1. The number of hydrogen-bond donors (Lipinski definition) is 2. The predicted octanol–water partition coefficient (Wildman–Crippen LogP) is 5.68. The minimum atomic E-state index is -4.59. The molecule has 1 fully saturated rings. The number of primary amides is 1. The molecule has 0 atom stereocenters. The summed E-state index contributed by atoms with van der Waals surface area (Å²) in [7, 11) is -2.62. The van der Waals surface area contributed by atoms with Crippen molar-refractivity contribution in [2.75, 3.05) is 20.1 Å². The summed E-state index contributed by atoms with van der Waals surface area (Å²) in [5, 5.41) is -0.588. The van der Waals surface area contributed by atoms with Crippen molar-refractivity contribution in [2.24, 2.45) is 11.1 Å². The lowest BCUT2D eigenvalue weighted by molar-refractivity contribution is -0.125. The van der Waals surface area contributed by atoms with Gasteiger partial charge in [-0.25, -0.2) is 13.8 Å². The molecule has 0 radical (unpaired) electrons. The van der Waals surface area contributed by atoms with Crippen molar-refractivity contribution >= 4 is 39.2 Å². The number of halogens is 4. The number of amides is 1. The Morgan fingerprint density at radius 1 is 1.05 bits per heavy atom. The molecule has 13 heteroatoms. The largest absolute Gasteiger partial charge is 0.369 e. The van der Waals surface area contributed by atoms with Crippen LogP contribution in [0.15, 0.2) is 47.6 Å². The molecule has 8 nitrogen and oxygen atoms in total. The molecule has 3 aromatic rings. The number of rotatable bonds is 5. The molecule has 218 valence electrons. The Balaban J connectivity index is 0.000000559. The molecule has 0 saturated carbocycles. The fourth-order valence-electron chi connectivity index (χ4n) is 4.26. The number of nitrogens with zero attached hydrogens (tertiary/aromatic N) is 3. The fourth-order valence-corrected chi connectivity index (χ4v) is 5.31. The third-order valence-electron chi connectivity index (χ3n) is 6.66. The summed E-state index contributed by atoms with van der Waals surface area (Å²) in [5.74, 6) is -1.95. The van der Waals surface area contributed by atoms with E-state index in [0.717, 1.165) is 19.3 Å². The van der Waals surface area contributed by atoms with Gasteiger partial charge in [0, 0.05) is 11.5 Å². The van der Waals surface area contributed by atoms with E-state index in [9.17, 15) is 26.5 Å². The van der Waals surface area contributed by atoms with Gasteiger partial charge < -0.3 is 15.2 Å². The highest BCUT2D eigenvalue weighted by Gasteiger charge is 2.33. The molecule has 0 spiro atoms. The van der Waals surface area contributed by atoms with Gasteiger partial charge in [-0.3, -0.25) is 9.35 Å². The Bertz CT molecular complexity index is 1430. The van der Waals surface area contributed by atoms with Gasteiger partial charge in [-0.2, -0.15) is 8.42 Å². The summed E-state index contributed by atoms with van der Waals surface area (Å²) >= 11 is 12.1. The van der Waals surface area contributed by atoms with Gasteiger partial charge in [0.15, 0.2) is 5.03 Å². The highest BCUT2D eigenvalue weighted by Crippen LogP contribution is 2.38. The van der Waals surface area contributed by atoms with Gasteiger partial charge in [-0.05, 0) is 68.4 Å². The van der Waals surface area contributed by atoms with Crippen LogP contribution in [-0.2, 0) is 14.9 Å². The zero-order chi connectivity index (χ0) is 30.0. The number of likely N-dealkylation sites (tertiary alicyclic amines) is 1. The summed E-state index contributed by atoms with van der Waals surface area (Å²) in [6.45, 7) is 6.81. The van der Waals surface area contributed by atoms with Crippen LogP contribution in [0.5, 0.6) is 0 Å². The van der Waals surface area contributed by atoms with Gasteiger partial charge in [0.25, 0.3) is 0 Å². The Morgan fingerprint density at radius 2 is 1.50 bits per heavy atom. The first-order valence-corrected chi connectivity index (χ1v) is 14.6. The van der Waals surface area contributed by atoms with E-state index in [1.165, 1.54) is 41.0 Å². The number of benzene rings is 2. The Hall–Kier alpha value is -2.57. The van der Waals surface area contributed by atoms with Crippen molar-refractivity contribution in [1.29, 1.82) is 0 Å². The van der Waals surface area contributed by atoms with Crippen molar-refractivity contribution in [3.8, 4) is 0 Å². The molecule has 1 aliphatic heterocycles. The van der Waals surface area contributed by atoms with Crippen LogP contribution < -0.4 is 5.73 Å². The minimum absolute atomic E-state index is 0.127. The summed E-state index contributed by atoms with van der Waals surface area (Å²) in [4.78, 5) is 16.7. The van der Waals surface area contributed by atoms with Crippen LogP contribution >= 0.6 is 23.2 Å². The topological polar surface area (TPSA) is 119 Å². The predicted molar refractivity (Wildman–Crippen MR) is 150 cm³/mol. The van der Waals surface area contributed by atoms with E-state index in [1.807, 2.05) is 7.05 Å². The first-order valence-electron chi connectivity index (χ1n) is 12.4. The summed E-state index contributed by atoms with van der Waals surface area (Å²) in [6.07, 6.45) is 2.36. The smallest absolute Gasteiger partial charge is 0.311 e. The zero-order valence-electron chi connectivity index (χ0n) is 22.5. The number of imidazole rings is 1. The number of carbonyl (C=O) groups is 1. The van der Waals surface area contributed by atoms with Gasteiger partial charge in [0.1, 0.15) is 17.5 Å². The van der Waals surface area contributed by atoms with E-state index in [4.69, 9.17) is 28.9 Å². The van der Waals surface area contributed by atoms with Crippen molar-refractivity contribution in [3.05, 3.63) is 81.2 Å². The quantitative estimate of drug-likeness (QED) is 0.356. The van der Waals surface area contributed by atoms with Crippen molar-refractivity contribution in [2.45, 2.75) is 50.6 Å². The summed E-state index contributed by atoms with van der Waals surface area (Å²) < 4.78 is 63.7. The molecule has 3 N–H and O–H groups in total. The van der Waals surface area contributed by atoms with Crippen LogP contribution in [0, 0.1) is 17.0 Å². The van der Waals surface area contributed by atoms with Crippen molar-refractivity contribution in [1.82, 2.24) is 14.5 Å². The molecule has 1 aromatic heterocycles. The Labute approximate surface area is 242 Å². The van der Waals surface area contributed by atoms with E-state index in [-0.39, 0.29) is 32.4 Å². The third kappa shape index (κ3) is 7.58. The zero-order valence-corrected chi connectivity index (χ0v) is 24.9. The number of aromatic nitrogens is 2. The molecule has 0 aliphatic carbocycles. The van der Waals surface area contributed by atoms with E-state index in [0.29, 0.717) is 29.8 Å².